The van der Waals surface area contributed by atoms with Crippen LogP contribution in [-0.2, 0) is 0 Å². The van der Waals surface area contributed by atoms with Crippen LogP contribution in [0.5, 0.6) is 11.5 Å². The van der Waals surface area contributed by atoms with Crippen LogP contribution < -0.4 is 31.8 Å². The van der Waals surface area contributed by atoms with Gasteiger partial charge in [0.25, 0.3) is 0 Å². The number of hydrogen-bond acceptors (Lipinski definition) is 8. The molecule has 0 amide bonds. The van der Waals surface area contributed by atoms with Gasteiger partial charge < -0.3 is 25.9 Å². The van der Waals surface area contributed by atoms with Crippen LogP contribution in [0.4, 0.5) is 23.3 Å². The smallest absolute Gasteiger partial charge is 0.223 e. The molecule has 2 aromatic rings. The Morgan fingerprint density at radius 2 is 1.71 bits per heavy atom. The maximum atomic E-state index is 6.10. The van der Waals surface area contributed by atoms with Crippen molar-refractivity contribution in [1.29, 1.82) is 0 Å². The van der Waals surface area contributed by atoms with Crippen molar-refractivity contribution in [2.24, 2.45) is 5.84 Å². The van der Waals surface area contributed by atoms with Gasteiger partial charge in [-0.15, -0.1) is 0 Å². The van der Waals surface area contributed by atoms with Gasteiger partial charge in [0.15, 0.2) is 0 Å². The molecule has 1 heterocycles. The summed E-state index contributed by atoms with van der Waals surface area (Å²) in [6, 6.07) is 4.91. The van der Waals surface area contributed by atoms with Gasteiger partial charge in [-0.25, -0.2) is 5.84 Å². The normalized spacial score (nSPS) is 10.1. The number of anilines is 4. The molecule has 0 aliphatic rings. The molecule has 2 rings (SSSR count). The molecule has 0 bridgehead atoms. The van der Waals surface area contributed by atoms with E-state index in [2.05, 4.69) is 20.7 Å². The summed E-state index contributed by atoms with van der Waals surface area (Å²) in [5, 5.41) is 3.47. The van der Waals surface area contributed by atoms with Gasteiger partial charge in [-0.05, 0) is 6.07 Å². The molecule has 0 aliphatic heterocycles. The second kappa shape index (κ2) is 6.33. The lowest BCUT2D eigenvalue weighted by atomic mass is 10.2. The highest BCUT2D eigenvalue weighted by molar-refractivity contribution is 6.32. The quantitative estimate of drug-likeness (QED) is 0.487. The molecule has 1 aromatic carbocycles. The molecule has 0 unspecified atom stereocenters. The van der Waals surface area contributed by atoms with Gasteiger partial charge >= 0.3 is 0 Å². The summed E-state index contributed by atoms with van der Waals surface area (Å²) < 4.78 is 10.4. The van der Waals surface area contributed by atoms with Crippen LogP contribution >= 0.6 is 11.6 Å². The van der Waals surface area contributed by atoms with E-state index in [1.807, 2.05) is 0 Å². The number of ether oxygens (including phenoxy) is 2. The molecule has 1 aromatic heterocycles. The molecule has 0 spiro atoms. The molecule has 0 aliphatic carbocycles. The Kier molecular flexibility index (Phi) is 4.51. The summed E-state index contributed by atoms with van der Waals surface area (Å²) in [4.78, 5) is 7.95. The first-order chi connectivity index (χ1) is 10.1. The Morgan fingerprint density at radius 3 is 2.33 bits per heavy atom. The van der Waals surface area contributed by atoms with E-state index in [-0.39, 0.29) is 5.95 Å². The van der Waals surface area contributed by atoms with Gasteiger partial charge in [0.05, 0.1) is 24.9 Å². The standard InChI is InChI=1S/C12H15ClN6O2/c1-20-8-4-9(21-2)7(3-6(8)13)16-10-5-11(19-15)18-12(14)17-10/h3-5H,15H2,1-2H3,(H4,14,16,17,18,19). The fourth-order valence-corrected chi connectivity index (χ4v) is 1.94. The predicted octanol–water partition coefficient (Wildman–Crippen LogP) is 1.76. The molecule has 8 nitrogen and oxygen atoms in total. The van der Waals surface area contributed by atoms with Crippen molar-refractivity contribution in [2.45, 2.75) is 0 Å². The Morgan fingerprint density at radius 1 is 1.05 bits per heavy atom. The van der Waals surface area contributed by atoms with Crippen molar-refractivity contribution in [3.05, 3.63) is 23.2 Å². The lowest BCUT2D eigenvalue weighted by Crippen LogP contribution is -2.11. The van der Waals surface area contributed by atoms with E-state index in [0.29, 0.717) is 33.8 Å². The van der Waals surface area contributed by atoms with Crippen LogP contribution in [0, 0.1) is 0 Å². The van der Waals surface area contributed by atoms with Gasteiger partial charge in [-0.2, -0.15) is 9.97 Å². The molecule has 0 saturated carbocycles. The number of halogens is 1. The third-order valence-corrected chi connectivity index (χ3v) is 2.92. The van der Waals surface area contributed by atoms with Gasteiger partial charge in [-0.1, -0.05) is 11.6 Å². The molecule has 112 valence electrons. The number of aromatic nitrogens is 2. The molecule has 6 N–H and O–H groups in total. The summed E-state index contributed by atoms with van der Waals surface area (Å²) in [6.07, 6.45) is 0. The predicted molar refractivity (Wildman–Crippen MR) is 82.1 cm³/mol. The largest absolute Gasteiger partial charge is 0.495 e. The van der Waals surface area contributed by atoms with Crippen LogP contribution in [0.3, 0.4) is 0 Å². The SMILES string of the molecule is COc1cc(OC)c(Nc2cc(NN)nc(N)n2)cc1Cl. The molecular weight excluding hydrogens is 296 g/mol. The third-order valence-electron chi connectivity index (χ3n) is 2.63. The fraction of sp³-hybridized carbons (Fsp3) is 0.167. The van der Waals surface area contributed by atoms with Crippen LogP contribution in [-0.4, -0.2) is 24.2 Å². The van der Waals surface area contributed by atoms with E-state index in [4.69, 9.17) is 32.7 Å². The van der Waals surface area contributed by atoms with Gasteiger partial charge in [-0.3, -0.25) is 0 Å². The minimum atomic E-state index is 0.0755. The third kappa shape index (κ3) is 3.36. The highest BCUT2D eigenvalue weighted by atomic mass is 35.5. The van der Waals surface area contributed by atoms with Crippen LogP contribution in [0.1, 0.15) is 0 Å². The summed E-state index contributed by atoms with van der Waals surface area (Å²) in [6.45, 7) is 0. The summed E-state index contributed by atoms with van der Waals surface area (Å²) >= 11 is 6.10. The highest BCUT2D eigenvalue weighted by Gasteiger charge is 2.11. The van der Waals surface area contributed by atoms with Gasteiger partial charge in [0.2, 0.25) is 5.95 Å². The Labute approximate surface area is 126 Å². The zero-order chi connectivity index (χ0) is 15.4. The number of nitrogen functional groups attached to an aromatic ring is 2. The van der Waals surface area contributed by atoms with Crippen LogP contribution in [0.15, 0.2) is 18.2 Å². The summed E-state index contributed by atoms with van der Waals surface area (Å²) in [7, 11) is 3.06. The topological polar surface area (TPSA) is 120 Å². The zero-order valence-corrected chi connectivity index (χ0v) is 12.2. The zero-order valence-electron chi connectivity index (χ0n) is 11.5. The Hall–Kier alpha value is -2.45. The van der Waals surface area contributed by atoms with Crippen molar-refractivity contribution >= 4 is 34.9 Å². The summed E-state index contributed by atoms with van der Waals surface area (Å²) in [5.41, 5.74) is 8.60. The van der Waals surface area contributed by atoms with Gasteiger partial charge in [0, 0.05) is 12.1 Å². The first-order valence-corrected chi connectivity index (χ1v) is 6.25. The number of hydrogen-bond donors (Lipinski definition) is 4. The van der Waals surface area contributed by atoms with E-state index in [1.165, 1.54) is 14.2 Å². The second-order valence-electron chi connectivity index (χ2n) is 3.95. The van der Waals surface area contributed by atoms with E-state index in [0.717, 1.165) is 0 Å². The first kappa shape index (κ1) is 14.9. The lowest BCUT2D eigenvalue weighted by molar-refractivity contribution is 0.396. The van der Waals surface area contributed by atoms with Crippen molar-refractivity contribution in [3.8, 4) is 11.5 Å². The van der Waals surface area contributed by atoms with E-state index >= 15 is 0 Å². The van der Waals surface area contributed by atoms with Crippen molar-refractivity contribution < 1.29 is 9.47 Å². The second-order valence-corrected chi connectivity index (χ2v) is 4.36. The maximum Gasteiger partial charge on any atom is 0.223 e. The van der Waals surface area contributed by atoms with Crippen LogP contribution in [0.2, 0.25) is 5.02 Å². The van der Waals surface area contributed by atoms with Gasteiger partial charge in [0.1, 0.15) is 23.1 Å². The molecular formula is C12H15ClN6O2. The Bertz CT molecular complexity index is 652. The molecule has 0 radical (unpaired) electrons. The van der Waals surface area contributed by atoms with E-state index in [1.54, 1.807) is 18.2 Å². The average Bonchev–Trinajstić information content (AvgIpc) is 2.47. The molecule has 9 heteroatoms. The molecule has 0 saturated heterocycles. The number of methoxy groups -OCH3 is 2. The van der Waals surface area contributed by atoms with Crippen molar-refractivity contribution in [3.63, 3.8) is 0 Å². The number of nitrogens with two attached hydrogens (primary N) is 2. The lowest BCUT2D eigenvalue weighted by Gasteiger charge is -2.14. The number of benzene rings is 1. The summed E-state index contributed by atoms with van der Waals surface area (Å²) in [5.74, 6) is 7.25. The number of rotatable bonds is 5. The maximum absolute atomic E-state index is 6.10. The minimum Gasteiger partial charge on any atom is -0.495 e. The monoisotopic (exact) mass is 310 g/mol. The van der Waals surface area contributed by atoms with Crippen molar-refractivity contribution in [1.82, 2.24) is 9.97 Å². The number of nitrogens with one attached hydrogen (secondary N) is 2. The van der Waals surface area contributed by atoms with E-state index < -0.39 is 0 Å². The minimum absolute atomic E-state index is 0.0755. The first-order valence-electron chi connectivity index (χ1n) is 5.87. The number of hydrazine groups is 1. The molecule has 0 atom stereocenters. The van der Waals surface area contributed by atoms with Crippen molar-refractivity contribution in [2.75, 3.05) is 30.7 Å². The number of nitrogens with zero attached hydrogens (tertiary/aromatic N) is 2. The highest BCUT2D eigenvalue weighted by Crippen LogP contribution is 2.37. The molecule has 0 fully saturated rings. The average molecular weight is 311 g/mol. The van der Waals surface area contributed by atoms with E-state index in [9.17, 15) is 0 Å². The molecule has 21 heavy (non-hydrogen) atoms. The fourth-order valence-electron chi connectivity index (χ4n) is 1.70. The Balaban J connectivity index is 2.39. The van der Waals surface area contributed by atoms with Crippen LogP contribution in [0.25, 0.3) is 0 Å².